The molecule has 1 unspecified atom stereocenters. The van der Waals surface area contributed by atoms with E-state index in [-0.39, 0.29) is 18.6 Å². The number of fused-ring (bicyclic) bond motifs is 1. The summed E-state index contributed by atoms with van der Waals surface area (Å²) in [6.07, 6.45) is 0.221. The van der Waals surface area contributed by atoms with E-state index >= 15 is 0 Å². The average molecular weight is 406 g/mol. The molecule has 0 saturated carbocycles. The molecule has 1 heterocycles. The Morgan fingerprint density at radius 2 is 1.75 bits per heavy atom. The van der Waals surface area contributed by atoms with E-state index in [9.17, 15) is 9.59 Å². The first-order valence-electron chi connectivity index (χ1n) is 8.53. The van der Waals surface area contributed by atoms with E-state index in [2.05, 4.69) is 5.32 Å². The second-order valence-electron chi connectivity index (χ2n) is 6.19. The third-order valence-electron chi connectivity index (χ3n) is 4.38. The quantitative estimate of drug-likeness (QED) is 0.744. The Morgan fingerprint density at radius 3 is 2.36 bits per heavy atom. The molecule has 0 aromatic heterocycles. The van der Waals surface area contributed by atoms with E-state index in [1.54, 1.807) is 24.3 Å². The fourth-order valence-corrected chi connectivity index (χ4v) is 3.27. The van der Waals surface area contributed by atoms with Crippen LogP contribution in [0.4, 0.5) is 0 Å². The summed E-state index contributed by atoms with van der Waals surface area (Å²) in [5.41, 5.74) is 1.58. The van der Waals surface area contributed by atoms with Crippen LogP contribution in [0.25, 0.3) is 0 Å². The van der Waals surface area contributed by atoms with Crippen LogP contribution in [-0.4, -0.2) is 45.9 Å². The molecule has 8 heteroatoms. The third kappa shape index (κ3) is 4.14. The number of carbonyl (C=O) groups excluding carboxylic acids is 2. The number of amides is 1. The van der Waals surface area contributed by atoms with Crippen LogP contribution in [0.3, 0.4) is 0 Å². The lowest BCUT2D eigenvalue weighted by Crippen LogP contribution is -2.34. The molecule has 0 saturated heterocycles. The number of hydrogen-bond acceptors (Lipinski definition) is 6. The molecule has 3 rings (SSSR count). The molecule has 2 aromatic rings. The minimum absolute atomic E-state index is 0.275. The molecule has 1 atom stereocenters. The summed E-state index contributed by atoms with van der Waals surface area (Å²) < 4.78 is 20.9. The molecule has 1 aliphatic rings. The van der Waals surface area contributed by atoms with E-state index in [1.807, 2.05) is 0 Å². The number of hydrogen-bond donors (Lipinski definition) is 1. The Hall–Kier alpha value is -2.93. The molecule has 0 fully saturated rings. The van der Waals surface area contributed by atoms with Crippen molar-refractivity contribution in [2.45, 2.75) is 12.5 Å². The second-order valence-corrected chi connectivity index (χ2v) is 6.60. The van der Waals surface area contributed by atoms with Gasteiger partial charge in [0.1, 0.15) is 23.4 Å². The van der Waals surface area contributed by atoms with Crippen molar-refractivity contribution < 1.29 is 28.5 Å². The van der Waals surface area contributed by atoms with Gasteiger partial charge >= 0.3 is 5.97 Å². The van der Waals surface area contributed by atoms with E-state index in [4.69, 9.17) is 30.5 Å². The molecule has 2 aromatic carbocycles. The first-order chi connectivity index (χ1) is 13.4. The molecule has 1 amide bonds. The summed E-state index contributed by atoms with van der Waals surface area (Å²) in [4.78, 5) is 24.2. The Labute approximate surface area is 167 Å². The average Bonchev–Trinajstić information content (AvgIpc) is 3.14. The number of carbonyl (C=O) groups is 2. The molecule has 1 N–H and O–H groups in total. The number of esters is 1. The highest BCUT2D eigenvalue weighted by Crippen LogP contribution is 2.37. The van der Waals surface area contributed by atoms with Crippen LogP contribution in [0.2, 0.25) is 5.02 Å². The van der Waals surface area contributed by atoms with Gasteiger partial charge in [0.05, 0.1) is 38.5 Å². The molecule has 0 radical (unpaired) electrons. The fraction of sp³-hybridized carbons (Fsp3) is 0.300. The van der Waals surface area contributed by atoms with Crippen molar-refractivity contribution in [2.75, 3.05) is 27.9 Å². The predicted octanol–water partition coefficient (Wildman–Crippen LogP) is 2.88. The second kappa shape index (κ2) is 8.39. The van der Waals surface area contributed by atoms with Crippen LogP contribution >= 0.6 is 11.6 Å². The van der Waals surface area contributed by atoms with Gasteiger partial charge in [0.2, 0.25) is 0 Å². The summed E-state index contributed by atoms with van der Waals surface area (Å²) in [7, 11) is 4.35. The Kier molecular flexibility index (Phi) is 5.94. The number of benzene rings is 2. The molecule has 0 bridgehead atoms. The van der Waals surface area contributed by atoms with Crippen molar-refractivity contribution in [3.63, 3.8) is 0 Å². The fourth-order valence-electron chi connectivity index (χ4n) is 2.98. The zero-order valence-electron chi connectivity index (χ0n) is 15.7. The normalized spacial score (nSPS) is 14.6. The SMILES string of the molecule is COC(=O)c1cc(Cl)c2c(c1)CC(CNC(=O)c1cc(OC)cc(OC)c1)O2. The van der Waals surface area contributed by atoms with Gasteiger partial charge in [-0.05, 0) is 24.3 Å². The number of methoxy groups -OCH3 is 3. The molecule has 148 valence electrons. The topological polar surface area (TPSA) is 83.1 Å². The van der Waals surface area contributed by atoms with E-state index in [0.29, 0.717) is 39.8 Å². The lowest BCUT2D eigenvalue weighted by atomic mass is 10.1. The Balaban J connectivity index is 1.67. The zero-order chi connectivity index (χ0) is 20.3. The summed E-state index contributed by atoms with van der Waals surface area (Å²) >= 11 is 6.22. The molecule has 1 aliphatic heterocycles. The van der Waals surface area contributed by atoms with Gasteiger partial charge in [-0.3, -0.25) is 4.79 Å². The zero-order valence-corrected chi connectivity index (χ0v) is 16.5. The van der Waals surface area contributed by atoms with Gasteiger partial charge in [-0.15, -0.1) is 0 Å². The maximum Gasteiger partial charge on any atom is 0.337 e. The van der Waals surface area contributed by atoms with Crippen molar-refractivity contribution in [1.29, 1.82) is 0 Å². The predicted molar refractivity (Wildman–Crippen MR) is 103 cm³/mol. The number of ether oxygens (including phenoxy) is 4. The van der Waals surface area contributed by atoms with Gasteiger partial charge in [-0.25, -0.2) is 4.79 Å². The van der Waals surface area contributed by atoms with Gasteiger partial charge in [-0.2, -0.15) is 0 Å². The largest absolute Gasteiger partial charge is 0.497 e. The van der Waals surface area contributed by atoms with Crippen molar-refractivity contribution in [2.24, 2.45) is 0 Å². The van der Waals surface area contributed by atoms with Crippen molar-refractivity contribution in [1.82, 2.24) is 5.32 Å². The van der Waals surface area contributed by atoms with Crippen molar-refractivity contribution >= 4 is 23.5 Å². The van der Waals surface area contributed by atoms with Crippen LogP contribution in [0, 0.1) is 0 Å². The van der Waals surface area contributed by atoms with E-state index in [1.165, 1.54) is 27.4 Å². The van der Waals surface area contributed by atoms with Gasteiger partial charge in [0.15, 0.2) is 0 Å². The molecule has 28 heavy (non-hydrogen) atoms. The van der Waals surface area contributed by atoms with Gasteiger partial charge in [0.25, 0.3) is 5.91 Å². The molecule has 0 spiro atoms. The van der Waals surface area contributed by atoms with Gasteiger partial charge in [0, 0.05) is 23.6 Å². The minimum Gasteiger partial charge on any atom is -0.497 e. The minimum atomic E-state index is -0.464. The monoisotopic (exact) mass is 405 g/mol. The van der Waals surface area contributed by atoms with Crippen LogP contribution in [0.15, 0.2) is 30.3 Å². The smallest absolute Gasteiger partial charge is 0.337 e. The highest BCUT2D eigenvalue weighted by Gasteiger charge is 2.27. The standard InChI is InChI=1S/C20H20ClNO6/c1-25-14-6-12(7-15(9-14)26-2)19(23)22-10-16-5-11-4-13(20(24)27-3)8-17(21)18(11)28-16/h4,6-9,16H,5,10H2,1-3H3,(H,22,23). The van der Waals surface area contributed by atoms with Crippen molar-refractivity contribution in [3.8, 4) is 17.2 Å². The summed E-state index contributed by atoms with van der Waals surface area (Å²) in [5.74, 6) is 0.829. The summed E-state index contributed by atoms with van der Waals surface area (Å²) in [5, 5.41) is 3.17. The molecule has 0 aliphatic carbocycles. The van der Waals surface area contributed by atoms with Crippen molar-refractivity contribution in [3.05, 3.63) is 52.0 Å². The molecule has 7 nitrogen and oxygen atoms in total. The summed E-state index contributed by atoms with van der Waals surface area (Å²) in [6, 6.07) is 8.15. The maximum atomic E-state index is 12.5. The first-order valence-corrected chi connectivity index (χ1v) is 8.91. The van der Waals surface area contributed by atoms with Crippen LogP contribution in [0.5, 0.6) is 17.2 Å². The first kappa shape index (κ1) is 19.8. The Bertz CT molecular complexity index is 892. The lowest BCUT2D eigenvalue weighted by Gasteiger charge is -2.13. The molecular weight excluding hydrogens is 386 g/mol. The van der Waals surface area contributed by atoms with Gasteiger partial charge < -0.3 is 24.3 Å². The number of nitrogens with one attached hydrogen (secondary N) is 1. The summed E-state index contributed by atoms with van der Waals surface area (Å²) in [6.45, 7) is 0.275. The molecular formula is C20H20ClNO6. The third-order valence-corrected chi connectivity index (χ3v) is 4.66. The Morgan fingerprint density at radius 1 is 1.07 bits per heavy atom. The highest BCUT2D eigenvalue weighted by atomic mass is 35.5. The lowest BCUT2D eigenvalue weighted by molar-refractivity contribution is 0.0600. The van der Waals surface area contributed by atoms with Crippen LogP contribution < -0.4 is 19.5 Å². The maximum absolute atomic E-state index is 12.5. The van der Waals surface area contributed by atoms with E-state index in [0.717, 1.165) is 5.56 Å². The number of halogens is 1. The van der Waals surface area contributed by atoms with Gasteiger partial charge in [-0.1, -0.05) is 11.6 Å². The highest BCUT2D eigenvalue weighted by molar-refractivity contribution is 6.32. The van der Waals surface area contributed by atoms with Crippen LogP contribution in [0.1, 0.15) is 26.3 Å². The van der Waals surface area contributed by atoms with Crippen LogP contribution in [-0.2, 0) is 11.2 Å². The van der Waals surface area contributed by atoms with E-state index < -0.39 is 5.97 Å². The number of rotatable bonds is 6.